The predicted octanol–water partition coefficient (Wildman–Crippen LogP) is 2.76. The second kappa shape index (κ2) is 8.69. The van der Waals surface area contributed by atoms with Gasteiger partial charge in [-0.1, -0.05) is 43.3 Å². The minimum Gasteiger partial charge on any atom is -0.378 e. The molecule has 0 aliphatic carbocycles. The number of carbonyl (C=O) groups is 3. The molecule has 3 rings (SSSR count). The second-order valence-corrected chi connectivity index (χ2v) is 7.76. The molecule has 1 aliphatic heterocycles. The largest absolute Gasteiger partial charge is 0.378 e. The summed E-state index contributed by atoms with van der Waals surface area (Å²) in [4.78, 5) is 46.6. The molecule has 0 spiro atoms. The number of fused-ring (bicyclic) bond motifs is 1. The average molecular weight is 413 g/mol. The summed E-state index contributed by atoms with van der Waals surface area (Å²) in [7, 11) is 0. The molecule has 1 N–H and O–H groups in total. The first-order valence-corrected chi connectivity index (χ1v) is 9.76. The van der Waals surface area contributed by atoms with E-state index >= 15 is 0 Å². The third-order valence-corrected chi connectivity index (χ3v) is 5.33. The number of nitrogens with one attached hydrogen (secondary N) is 1. The molecule has 30 heavy (non-hydrogen) atoms. The van der Waals surface area contributed by atoms with Crippen molar-refractivity contribution in [3.8, 4) is 0 Å². The molecule has 0 fully saturated rings. The number of Topliss-reactive ketones (excluding diaryl/α,β-unsaturated/α-hetero) is 2. The van der Waals surface area contributed by atoms with E-state index < -0.39 is 30.0 Å². The predicted molar refractivity (Wildman–Crippen MR) is 110 cm³/mol. The number of ketones is 2. The Kier molecular flexibility index (Phi) is 6.24. The number of benzene rings is 1. The number of hydrogen-bond donors (Lipinski definition) is 1. The van der Waals surface area contributed by atoms with Gasteiger partial charge < -0.3 is 10.2 Å². The number of pyridine rings is 1. The van der Waals surface area contributed by atoms with Crippen LogP contribution in [0.15, 0.2) is 41.7 Å². The molecule has 2 aromatic rings. The van der Waals surface area contributed by atoms with Gasteiger partial charge in [0.2, 0.25) is 5.60 Å². The van der Waals surface area contributed by atoms with Crippen molar-refractivity contribution in [1.29, 1.82) is 0 Å². The summed E-state index contributed by atoms with van der Waals surface area (Å²) in [6, 6.07) is 8.32. The molecule has 1 aromatic heterocycles. The van der Waals surface area contributed by atoms with Gasteiger partial charge in [-0.15, -0.1) is 0 Å². The van der Waals surface area contributed by atoms with Gasteiger partial charge in [-0.05, 0) is 18.4 Å². The third kappa shape index (κ3) is 4.08. The van der Waals surface area contributed by atoms with Crippen molar-refractivity contribution in [3.63, 3.8) is 0 Å². The molecule has 7 nitrogen and oxygen atoms in total. The zero-order chi connectivity index (χ0) is 21.9. The Morgan fingerprint density at radius 2 is 1.97 bits per heavy atom. The van der Waals surface area contributed by atoms with Crippen molar-refractivity contribution in [3.05, 3.63) is 42.2 Å². The normalized spacial score (nSPS) is 19.3. The van der Waals surface area contributed by atoms with Crippen molar-refractivity contribution in [2.24, 2.45) is 11.1 Å². The topological polar surface area (TPSA) is 97.7 Å². The molecule has 0 radical (unpaired) electrons. The Hall–Kier alpha value is -3.16. The van der Waals surface area contributed by atoms with Crippen molar-refractivity contribution < 1.29 is 23.6 Å². The molecule has 0 saturated carbocycles. The summed E-state index contributed by atoms with van der Waals surface area (Å²) in [6.07, 6.45) is 1.52. The fraction of sp³-hybridized carbons (Fsp3) is 0.409. The Balaban J connectivity index is 1.88. The number of alkyl halides is 1. The first-order chi connectivity index (χ1) is 14.3. The van der Waals surface area contributed by atoms with E-state index in [1.807, 2.05) is 30.3 Å². The van der Waals surface area contributed by atoms with E-state index in [2.05, 4.69) is 15.5 Å². The lowest BCUT2D eigenvalue weighted by Crippen LogP contribution is -2.55. The van der Waals surface area contributed by atoms with Gasteiger partial charge in [0.05, 0.1) is 11.7 Å². The maximum absolute atomic E-state index is 13.1. The van der Waals surface area contributed by atoms with E-state index in [1.165, 1.54) is 6.92 Å². The van der Waals surface area contributed by atoms with Gasteiger partial charge in [0.1, 0.15) is 18.2 Å². The second-order valence-electron chi connectivity index (χ2n) is 7.76. The molecule has 2 atom stereocenters. The van der Waals surface area contributed by atoms with Gasteiger partial charge in [-0.3, -0.25) is 19.4 Å². The molecule has 0 bridgehead atoms. The van der Waals surface area contributed by atoms with Gasteiger partial charge >= 0.3 is 0 Å². The van der Waals surface area contributed by atoms with Crippen LogP contribution in [0.3, 0.4) is 0 Å². The minimum absolute atomic E-state index is 0.133. The van der Waals surface area contributed by atoms with E-state index in [0.29, 0.717) is 11.4 Å². The van der Waals surface area contributed by atoms with E-state index in [0.717, 1.165) is 10.8 Å². The number of carbonyl (C=O) groups excluding carboxylic acids is 3. The maximum Gasteiger partial charge on any atom is 0.268 e. The van der Waals surface area contributed by atoms with Gasteiger partial charge in [0.15, 0.2) is 5.78 Å². The molecular weight excluding hydrogens is 389 g/mol. The third-order valence-electron chi connectivity index (χ3n) is 5.33. The zero-order valence-electron chi connectivity index (χ0n) is 17.1. The molecule has 1 unspecified atom stereocenters. The van der Waals surface area contributed by atoms with Crippen LogP contribution in [0, 0.1) is 5.92 Å². The zero-order valence-corrected chi connectivity index (χ0v) is 17.1. The van der Waals surface area contributed by atoms with Crippen molar-refractivity contribution in [2.75, 3.05) is 6.67 Å². The molecule has 1 amide bonds. The quantitative estimate of drug-likeness (QED) is 0.718. The van der Waals surface area contributed by atoms with Crippen LogP contribution in [0.4, 0.5) is 4.39 Å². The highest BCUT2D eigenvalue weighted by molar-refractivity contribution is 6.12. The summed E-state index contributed by atoms with van der Waals surface area (Å²) in [5.41, 5.74) is -0.265. The highest BCUT2D eigenvalue weighted by atomic mass is 19.1. The van der Waals surface area contributed by atoms with Gasteiger partial charge in [0.25, 0.3) is 5.91 Å². The summed E-state index contributed by atoms with van der Waals surface area (Å²) < 4.78 is 12.9. The van der Waals surface area contributed by atoms with E-state index in [1.54, 1.807) is 20.0 Å². The summed E-state index contributed by atoms with van der Waals surface area (Å²) >= 11 is 0. The Bertz CT molecular complexity index is 1020. The number of aromatic nitrogens is 1. The van der Waals surface area contributed by atoms with E-state index in [9.17, 15) is 18.8 Å². The average Bonchev–Trinajstić information content (AvgIpc) is 3.18. The Morgan fingerprint density at radius 1 is 1.23 bits per heavy atom. The Morgan fingerprint density at radius 3 is 2.63 bits per heavy atom. The van der Waals surface area contributed by atoms with E-state index in [4.69, 9.17) is 4.84 Å². The fourth-order valence-electron chi connectivity index (χ4n) is 3.53. The number of halogens is 1. The van der Waals surface area contributed by atoms with Gasteiger partial charge in [0, 0.05) is 30.3 Å². The number of nitrogens with zero attached hydrogens (tertiary/aromatic N) is 2. The van der Waals surface area contributed by atoms with Crippen LogP contribution < -0.4 is 5.32 Å². The fourth-order valence-corrected chi connectivity index (χ4v) is 3.53. The smallest absolute Gasteiger partial charge is 0.268 e. The highest BCUT2D eigenvalue weighted by Gasteiger charge is 2.50. The number of rotatable bonds is 8. The highest BCUT2D eigenvalue weighted by Crippen LogP contribution is 2.35. The standard InChI is InChI=1S/C22H24FN3O4/c1-13(2)22(21(29)25-17(10-14(3)27)19(28)12-23)11-18(26-30-22)20-16-7-5-4-6-15(16)8-9-24-20/h4-9,13,17H,10-12H2,1-3H3,(H,25,29)/t17?,22-/m1/s1. The maximum atomic E-state index is 13.1. The van der Waals surface area contributed by atoms with Crippen LogP contribution in [0.2, 0.25) is 0 Å². The van der Waals surface area contributed by atoms with Crippen LogP contribution in [0.25, 0.3) is 10.8 Å². The van der Waals surface area contributed by atoms with Crippen molar-refractivity contribution in [1.82, 2.24) is 10.3 Å². The van der Waals surface area contributed by atoms with Crippen molar-refractivity contribution in [2.45, 2.75) is 45.3 Å². The molecule has 0 saturated heterocycles. The first-order valence-electron chi connectivity index (χ1n) is 9.76. The minimum atomic E-state index is -1.39. The lowest BCUT2D eigenvalue weighted by atomic mass is 9.83. The lowest BCUT2D eigenvalue weighted by molar-refractivity contribution is -0.151. The van der Waals surface area contributed by atoms with Crippen LogP contribution in [-0.4, -0.2) is 46.5 Å². The van der Waals surface area contributed by atoms with Gasteiger partial charge in [-0.25, -0.2) is 4.39 Å². The van der Waals surface area contributed by atoms with Crippen LogP contribution in [0.1, 0.15) is 39.3 Å². The summed E-state index contributed by atoms with van der Waals surface area (Å²) in [6.45, 7) is 3.61. The molecule has 8 heteroatoms. The molecular formula is C22H24FN3O4. The van der Waals surface area contributed by atoms with Crippen LogP contribution in [-0.2, 0) is 19.2 Å². The lowest BCUT2D eigenvalue weighted by Gasteiger charge is -2.30. The number of oxime groups is 1. The molecule has 2 heterocycles. The number of amides is 1. The molecule has 1 aliphatic rings. The van der Waals surface area contributed by atoms with Gasteiger partial charge in [-0.2, -0.15) is 0 Å². The Labute approximate surface area is 173 Å². The van der Waals surface area contributed by atoms with E-state index in [-0.39, 0.29) is 24.5 Å². The number of hydrogen-bond acceptors (Lipinski definition) is 6. The summed E-state index contributed by atoms with van der Waals surface area (Å²) in [5.74, 6) is -2.10. The summed E-state index contributed by atoms with van der Waals surface area (Å²) in [5, 5.41) is 8.51. The molecule has 158 valence electrons. The van der Waals surface area contributed by atoms with Crippen molar-refractivity contribution >= 4 is 34.0 Å². The molecule has 1 aromatic carbocycles. The SMILES string of the molecule is CC(=O)CC(NC(=O)[C@]1(C(C)C)CC(c2nccc3ccccc23)=NO1)C(=O)CF. The van der Waals surface area contributed by atoms with Crippen LogP contribution in [0.5, 0.6) is 0 Å². The van der Waals surface area contributed by atoms with Crippen LogP contribution >= 0.6 is 0 Å². The monoisotopic (exact) mass is 413 g/mol. The first kappa shape index (κ1) is 21.5.